The lowest BCUT2D eigenvalue weighted by molar-refractivity contribution is 0.578. The molecule has 2 rings (SSSR count). The van der Waals surface area contributed by atoms with Gasteiger partial charge in [0.05, 0.1) is 6.21 Å². The van der Waals surface area contributed by atoms with Gasteiger partial charge in [-0.25, -0.2) is 0 Å². The Morgan fingerprint density at radius 1 is 1.06 bits per heavy atom. The van der Waals surface area contributed by atoms with Gasteiger partial charge in [-0.3, -0.25) is 0 Å². The van der Waals surface area contributed by atoms with Crippen LogP contribution in [0.2, 0.25) is 0 Å². The van der Waals surface area contributed by atoms with Crippen molar-refractivity contribution in [2.45, 2.75) is 19.3 Å². The number of hydrogen-bond acceptors (Lipinski definition) is 3. The van der Waals surface area contributed by atoms with E-state index >= 15 is 0 Å². The summed E-state index contributed by atoms with van der Waals surface area (Å²) < 4.78 is 0. The van der Waals surface area contributed by atoms with Crippen LogP contribution in [0.4, 0.5) is 5.69 Å². The Morgan fingerprint density at radius 3 is 2.33 bits per heavy atom. The van der Waals surface area contributed by atoms with Gasteiger partial charge in [0.25, 0.3) is 0 Å². The first-order valence-electron chi connectivity index (χ1n) is 6.23. The van der Waals surface area contributed by atoms with E-state index in [4.69, 9.17) is 11.5 Å². The van der Waals surface area contributed by atoms with Crippen LogP contribution in [0.1, 0.15) is 24.8 Å². The molecule has 1 heterocycles. The second kappa shape index (κ2) is 6.05. The molecule has 1 fully saturated rings. The fourth-order valence-corrected chi connectivity index (χ4v) is 2.09. The largest absolute Gasteiger partial charge is 0.372 e. The van der Waals surface area contributed by atoms with Gasteiger partial charge in [0.15, 0.2) is 0 Å². The van der Waals surface area contributed by atoms with Gasteiger partial charge in [-0.05, 0) is 37.0 Å². The maximum Gasteiger partial charge on any atom is 0.211 e. The Bertz CT molecular complexity index is 425. The van der Waals surface area contributed by atoms with E-state index in [0.717, 1.165) is 18.7 Å². The standard InChI is InChI=1S/C13H19N5/c14-13(15)17-16-10-11-4-6-12(7-5-11)18-8-2-1-3-9-18/h4-7,10H,1-3,8-9H2,(H4,14,15,17)/b16-10-. The fourth-order valence-electron chi connectivity index (χ4n) is 2.09. The Kier molecular flexibility index (Phi) is 4.17. The van der Waals surface area contributed by atoms with E-state index in [1.807, 2.05) is 12.1 Å². The Morgan fingerprint density at radius 2 is 1.72 bits per heavy atom. The first-order chi connectivity index (χ1) is 8.75. The predicted octanol–water partition coefficient (Wildman–Crippen LogP) is 1.28. The van der Waals surface area contributed by atoms with Gasteiger partial charge >= 0.3 is 0 Å². The molecule has 1 aliphatic rings. The SMILES string of the molecule is NC(N)=N/N=C\c1ccc(N2CCCCC2)cc1. The van der Waals surface area contributed by atoms with Gasteiger partial charge < -0.3 is 16.4 Å². The first-order valence-corrected chi connectivity index (χ1v) is 6.23. The molecule has 1 aromatic carbocycles. The summed E-state index contributed by atoms with van der Waals surface area (Å²) in [7, 11) is 0. The molecular formula is C13H19N5. The average molecular weight is 245 g/mol. The lowest BCUT2D eigenvalue weighted by Gasteiger charge is -2.28. The van der Waals surface area contributed by atoms with Crippen LogP contribution in [0.3, 0.4) is 0 Å². The molecule has 0 spiro atoms. The number of nitrogens with two attached hydrogens (primary N) is 2. The van der Waals surface area contributed by atoms with Crippen molar-refractivity contribution in [2.24, 2.45) is 21.7 Å². The van der Waals surface area contributed by atoms with Crippen molar-refractivity contribution in [3.05, 3.63) is 29.8 Å². The van der Waals surface area contributed by atoms with E-state index < -0.39 is 0 Å². The molecule has 0 radical (unpaired) electrons. The first kappa shape index (κ1) is 12.4. The van der Waals surface area contributed by atoms with E-state index in [0.29, 0.717) is 0 Å². The van der Waals surface area contributed by atoms with Gasteiger partial charge in [0.1, 0.15) is 0 Å². The molecule has 5 heteroatoms. The zero-order chi connectivity index (χ0) is 12.8. The molecule has 96 valence electrons. The summed E-state index contributed by atoms with van der Waals surface area (Å²) in [6, 6.07) is 8.27. The van der Waals surface area contributed by atoms with Crippen molar-refractivity contribution in [3.8, 4) is 0 Å². The highest BCUT2D eigenvalue weighted by molar-refractivity contribution is 5.82. The summed E-state index contributed by atoms with van der Waals surface area (Å²) in [5.74, 6) is -0.0313. The summed E-state index contributed by atoms with van der Waals surface area (Å²) in [6.07, 6.45) is 5.56. The fraction of sp³-hybridized carbons (Fsp3) is 0.385. The van der Waals surface area contributed by atoms with Crippen molar-refractivity contribution < 1.29 is 0 Å². The van der Waals surface area contributed by atoms with Crippen LogP contribution in [0.15, 0.2) is 34.5 Å². The van der Waals surface area contributed by atoms with Gasteiger partial charge in [-0.1, -0.05) is 12.1 Å². The summed E-state index contributed by atoms with van der Waals surface area (Å²) in [4.78, 5) is 2.42. The van der Waals surface area contributed by atoms with Crippen LogP contribution < -0.4 is 16.4 Å². The second-order valence-corrected chi connectivity index (χ2v) is 4.41. The van der Waals surface area contributed by atoms with E-state index in [1.54, 1.807) is 6.21 Å². The second-order valence-electron chi connectivity index (χ2n) is 4.41. The minimum Gasteiger partial charge on any atom is -0.372 e. The molecule has 1 aliphatic heterocycles. The highest BCUT2D eigenvalue weighted by Crippen LogP contribution is 2.19. The quantitative estimate of drug-likeness (QED) is 0.478. The van der Waals surface area contributed by atoms with Crippen molar-refractivity contribution in [2.75, 3.05) is 18.0 Å². The van der Waals surface area contributed by atoms with E-state index in [1.165, 1.54) is 24.9 Å². The van der Waals surface area contributed by atoms with Gasteiger partial charge in [-0.15, -0.1) is 5.10 Å². The third-order valence-electron chi connectivity index (χ3n) is 2.99. The normalized spacial score (nSPS) is 15.9. The molecule has 1 aromatic rings. The predicted molar refractivity (Wildman–Crippen MR) is 75.9 cm³/mol. The Hall–Kier alpha value is -2.04. The van der Waals surface area contributed by atoms with Crippen LogP contribution in [-0.2, 0) is 0 Å². The Balaban J connectivity index is 2.00. The number of rotatable bonds is 3. The van der Waals surface area contributed by atoms with Crippen LogP contribution in [0.5, 0.6) is 0 Å². The van der Waals surface area contributed by atoms with Crippen LogP contribution in [-0.4, -0.2) is 25.3 Å². The van der Waals surface area contributed by atoms with Gasteiger partial charge in [0, 0.05) is 18.8 Å². The average Bonchev–Trinajstić information content (AvgIpc) is 2.40. The molecule has 4 N–H and O–H groups in total. The van der Waals surface area contributed by atoms with E-state index in [9.17, 15) is 0 Å². The number of benzene rings is 1. The van der Waals surface area contributed by atoms with Crippen LogP contribution >= 0.6 is 0 Å². The van der Waals surface area contributed by atoms with Crippen molar-refractivity contribution in [1.82, 2.24) is 0 Å². The lowest BCUT2D eigenvalue weighted by atomic mass is 10.1. The monoisotopic (exact) mass is 245 g/mol. The molecular weight excluding hydrogens is 226 g/mol. The lowest BCUT2D eigenvalue weighted by Crippen LogP contribution is -2.29. The number of nitrogens with zero attached hydrogens (tertiary/aromatic N) is 3. The molecule has 1 saturated heterocycles. The highest BCUT2D eigenvalue weighted by atomic mass is 15.3. The summed E-state index contributed by atoms with van der Waals surface area (Å²) in [5.41, 5.74) is 12.6. The molecule has 0 atom stereocenters. The van der Waals surface area contributed by atoms with Crippen LogP contribution in [0, 0.1) is 0 Å². The molecule has 0 unspecified atom stereocenters. The van der Waals surface area contributed by atoms with E-state index in [-0.39, 0.29) is 5.96 Å². The zero-order valence-electron chi connectivity index (χ0n) is 10.4. The molecule has 0 amide bonds. The smallest absolute Gasteiger partial charge is 0.211 e. The third kappa shape index (κ3) is 3.48. The maximum atomic E-state index is 5.19. The summed E-state index contributed by atoms with van der Waals surface area (Å²) in [5, 5.41) is 7.35. The van der Waals surface area contributed by atoms with Gasteiger partial charge in [0.2, 0.25) is 5.96 Å². The number of hydrogen-bond donors (Lipinski definition) is 2. The molecule has 0 aromatic heterocycles. The molecule has 0 aliphatic carbocycles. The molecule has 5 nitrogen and oxygen atoms in total. The minimum absolute atomic E-state index is 0.0313. The highest BCUT2D eigenvalue weighted by Gasteiger charge is 2.09. The van der Waals surface area contributed by atoms with E-state index in [2.05, 4.69) is 27.2 Å². The zero-order valence-corrected chi connectivity index (χ0v) is 10.4. The van der Waals surface area contributed by atoms with Crippen molar-refractivity contribution >= 4 is 17.9 Å². The van der Waals surface area contributed by atoms with Gasteiger partial charge in [-0.2, -0.15) is 5.10 Å². The molecule has 0 bridgehead atoms. The number of anilines is 1. The molecule has 18 heavy (non-hydrogen) atoms. The Labute approximate surface area is 107 Å². The maximum absolute atomic E-state index is 5.19. The summed E-state index contributed by atoms with van der Waals surface area (Å²) >= 11 is 0. The molecule has 0 saturated carbocycles. The van der Waals surface area contributed by atoms with Crippen LogP contribution in [0.25, 0.3) is 0 Å². The van der Waals surface area contributed by atoms with Crippen molar-refractivity contribution in [3.63, 3.8) is 0 Å². The third-order valence-corrected chi connectivity index (χ3v) is 2.99. The summed E-state index contributed by atoms with van der Waals surface area (Å²) in [6.45, 7) is 2.31. The number of guanidine groups is 1. The minimum atomic E-state index is -0.0313. The van der Waals surface area contributed by atoms with Crippen molar-refractivity contribution in [1.29, 1.82) is 0 Å². The topological polar surface area (TPSA) is 80.0 Å². The number of piperidine rings is 1.